The van der Waals surface area contributed by atoms with Crippen molar-refractivity contribution in [1.29, 1.82) is 0 Å². The number of benzene rings is 1. The summed E-state index contributed by atoms with van der Waals surface area (Å²) in [4.78, 5) is 23.7. The first-order valence-corrected chi connectivity index (χ1v) is 10.6. The minimum atomic E-state index is 0.0670. The molecule has 6 heteroatoms. The summed E-state index contributed by atoms with van der Waals surface area (Å²) >= 11 is 0. The topological polar surface area (TPSA) is 51.7 Å². The molecule has 1 aromatic carbocycles. The third kappa shape index (κ3) is 4.88. The van der Waals surface area contributed by atoms with Crippen LogP contribution in [0.1, 0.15) is 30.1 Å². The average molecular weight is 394 g/mol. The highest BCUT2D eigenvalue weighted by Crippen LogP contribution is 2.25. The van der Waals surface area contributed by atoms with E-state index in [-0.39, 0.29) is 5.91 Å². The van der Waals surface area contributed by atoms with Gasteiger partial charge in [0.2, 0.25) is 0 Å². The van der Waals surface area contributed by atoms with Crippen LogP contribution in [0.15, 0.2) is 42.6 Å². The zero-order valence-electron chi connectivity index (χ0n) is 17.5. The smallest absolute Gasteiger partial charge is 0.255 e. The lowest BCUT2D eigenvalue weighted by Gasteiger charge is -2.32. The molecule has 2 saturated heterocycles. The summed E-state index contributed by atoms with van der Waals surface area (Å²) in [5, 5.41) is 3.33. The molecule has 1 aromatic heterocycles. The van der Waals surface area contributed by atoms with Gasteiger partial charge in [-0.05, 0) is 62.2 Å². The van der Waals surface area contributed by atoms with Crippen LogP contribution in [-0.4, -0.2) is 67.0 Å². The quantitative estimate of drug-likeness (QED) is 0.862. The summed E-state index contributed by atoms with van der Waals surface area (Å²) in [6, 6.07) is 12.3. The number of hydrogen-bond donors (Lipinski definition) is 1. The molecule has 2 aliphatic heterocycles. The Morgan fingerprint density at radius 3 is 2.28 bits per heavy atom. The van der Waals surface area contributed by atoms with E-state index >= 15 is 0 Å². The largest absolute Gasteiger partial charge is 0.372 e. The molecule has 154 valence electrons. The molecule has 29 heavy (non-hydrogen) atoms. The first-order chi connectivity index (χ1) is 14.1. The fraction of sp³-hybridized carbons (Fsp3) is 0.478. The number of carbonyl (C=O) groups is 1. The van der Waals surface area contributed by atoms with Gasteiger partial charge in [0.25, 0.3) is 5.91 Å². The molecule has 0 unspecified atom stereocenters. The number of likely N-dealkylation sites (N-methyl/N-ethyl adjacent to an activating group) is 1. The van der Waals surface area contributed by atoms with E-state index in [1.165, 1.54) is 18.5 Å². The van der Waals surface area contributed by atoms with Gasteiger partial charge >= 0.3 is 0 Å². The molecule has 1 amide bonds. The number of piperidine rings is 1. The van der Waals surface area contributed by atoms with E-state index in [1.807, 2.05) is 17.0 Å². The molecular weight excluding hydrogens is 362 g/mol. The van der Waals surface area contributed by atoms with E-state index in [9.17, 15) is 4.79 Å². The highest BCUT2D eigenvalue weighted by Gasteiger charge is 2.20. The van der Waals surface area contributed by atoms with Crippen LogP contribution in [0.25, 0.3) is 0 Å². The molecule has 0 bridgehead atoms. The van der Waals surface area contributed by atoms with E-state index in [2.05, 4.69) is 58.3 Å². The number of rotatable bonds is 4. The number of pyridine rings is 1. The maximum atomic E-state index is 12.6. The maximum absolute atomic E-state index is 12.6. The lowest BCUT2D eigenvalue weighted by atomic mass is 9.99. The highest BCUT2D eigenvalue weighted by atomic mass is 16.2. The predicted octanol–water partition coefficient (Wildman–Crippen LogP) is 3.45. The Labute approximate surface area is 173 Å². The minimum absolute atomic E-state index is 0.0670. The van der Waals surface area contributed by atoms with Crippen molar-refractivity contribution >= 4 is 23.1 Å². The van der Waals surface area contributed by atoms with Crippen LogP contribution < -0.4 is 10.2 Å². The third-order valence-electron chi connectivity index (χ3n) is 6.09. The summed E-state index contributed by atoms with van der Waals surface area (Å²) in [5.74, 6) is 1.65. The van der Waals surface area contributed by atoms with Crippen molar-refractivity contribution < 1.29 is 4.79 Å². The van der Waals surface area contributed by atoms with Crippen molar-refractivity contribution in [2.45, 2.75) is 19.8 Å². The average Bonchev–Trinajstić information content (AvgIpc) is 2.76. The van der Waals surface area contributed by atoms with Gasteiger partial charge in [0.05, 0.1) is 5.56 Å². The summed E-state index contributed by atoms with van der Waals surface area (Å²) in [5.41, 5.74) is 2.93. The highest BCUT2D eigenvalue weighted by molar-refractivity contribution is 5.94. The van der Waals surface area contributed by atoms with Crippen LogP contribution in [0.5, 0.6) is 0 Å². The molecule has 3 heterocycles. The van der Waals surface area contributed by atoms with Gasteiger partial charge < -0.3 is 20.0 Å². The Hall–Kier alpha value is -2.60. The van der Waals surface area contributed by atoms with Crippen molar-refractivity contribution in [3.05, 3.63) is 48.2 Å². The van der Waals surface area contributed by atoms with Crippen LogP contribution in [0, 0.1) is 5.92 Å². The second-order valence-corrected chi connectivity index (χ2v) is 8.37. The fourth-order valence-corrected chi connectivity index (χ4v) is 3.96. The van der Waals surface area contributed by atoms with Crippen LogP contribution in [-0.2, 0) is 0 Å². The van der Waals surface area contributed by atoms with Gasteiger partial charge in [-0.1, -0.05) is 6.92 Å². The zero-order valence-corrected chi connectivity index (χ0v) is 17.5. The van der Waals surface area contributed by atoms with Crippen LogP contribution >= 0.6 is 0 Å². The van der Waals surface area contributed by atoms with Crippen LogP contribution in [0.2, 0.25) is 0 Å². The molecule has 0 saturated carbocycles. The number of hydrogen-bond acceptors (Lipinski definition) is 5. The molecule has 2 aliphatic rings. The van der Waals surface area contributed by atoms with E-state index < -0.39 is 0 Å². The molecule has 6 nitrogen and oxygen atoms in total. The summed E-state index contributed by atoms with van der Waals surface area (Å²) in [6.07, 6.45) is 4.21. The number of carbonyl (C=O) groups excluding carboxylic acids is 1. The molecule has 2 aromatic rings. The van der Waals surface area contributed by atoms with E-state index in [0.717, 1.165) is 56.7 Å². The fourth-order valence-electron chi connectivity index (χ4n) is 3.96. The molecule has 0 aliphatic carbocycles. The second kappa shape index (κ2) is 8.82. The van der Waals surface area contributed by atoms with Crippen molar-refractivity contribution in [3.63, 3.8) is 0 Å². The molecule has 0 spiro atoms. The Balaban J connectivity index is 1.34. The van der Waals surface area contributed by atoms with Gasteiger partial charge in [0.1, 0.15) is 5.82 Å². The predicted molar refractivity (Wildman–Crippen MR) is 118 cm³/mol. The zero-order chi connectivity index (χ0) is 20.2. The molecule has 0 radical (unpaired) electrons. The Bertz CT molecular complexity index is 804. The van der Waals surface area contributed by atoms with Gasteiger partial charge in [-0.3, -0.25) is 4.79 Å². The number of nitrogens with zero attached hydrogens (tertiary/aromatic N) is 4. The Morgan fingerprint density at radius 2 is 1.66 bits per heavy atom. The van der Waals surface area contributed by atoms with E-state index in [4.69, 9.17) is 0 Å². The number of nitrogens with one attached hydrogen (secondary N) is 1. The van der Waals surface area contributed by atoms with E-state index in [1.54, 1.807) is 6.20 Å². The Morgan fingerprint density at radius 1 is 0.966 bits per heavy atom. The summed E-state index contributed by atoms with van der Waals surface area (Å²) < 4.78 is 0. The first kappa shape index (κ1) is 19.7. The van der Waals surface area contributed by atoms with E-state index in [0.29, 0.717) is 5.56 Å². The molecular formula is C23H31N5O. The van der Waals surface area contributed by atoms with Crippen molar-refractivity contribution in [1.82, 2.24) is 14.8 Å². The molecule has 1 N–H and O–H groups in total. The summed E-state index contributed by atoms with van der Waals surface area (Å²) in [7, 11) is 2.09. The first-order valence-electron chi connectivity index (χ1n) is 10.6. The van der Waals surface area contributed by atoms with Crippen LogP contribution in [0.4, 0.5) is 17.2 Å². The monoisotopic (exact) mass is 393 g/mol. The van der Waals surface area contributed by atoms with Crippen molar-refractivity contribution in [3.8, 4) is 0 Å². The molecule has 0 atom stereocenters. The maximum Gasteiger partial charge on any atom is 0.255 e. The molecule has 2 fully saturated rings. The van der Waals surface area contributed by atoms with Gasteiger partial charge in [-0.15, -0.1) is 0 Å². The van der Waals surface area contributed by atoms with Gasteiger partial charge in [0.15, 0.2) is 0 Å². The van der Waals surface area contributed by atoms with Gasteiger partial charge in [-0.25, -0.2) is 4.98 Å². The standard InChI is InChI=1S/C23H31N5O/c1-18-9-11-27(12-10-18)21-6-4-20(5-7-21)25-22-8-3-19(17-24-22)23(29)28-15-13-26(2)14-16-28/h3-8,17-18H,9-16H2,1-2H3,(H,24,25). The SMILES string of the molecule is CC1CCN(c2ccc(Nc3ccc(C(=O)N4CCN(C)CC4)cn3)cc2)CC1. The summed E-state index contributed by atoms with van der Waals surface area (Å²) in [6.45, 7) is 8.00. The lowest BCUT2D eigenvalue weighted by molar-refractivity contribution is 0.0663. The number of anilines is 3. The second-order valence-electron chi connectivity index (χ2n) is 8.37. The van der Waals surface area contributed by atoms with Crippen LogP contribution in [0.3, 0.4) is 0 Å². The van der Waals surface area contributed by atoms with Gasteiger partial charge in [-0.2, -0.15) is 0 Å². The number of amides is 1. The van der Waals surface area contributed by atoms with Crippen molar-refractivity contribution in [2.24, 2.45) is 5.92 Å². The lowest BCUT2D eigenvalue weighted by Crippen LogP contribution is -2.47. The molecule has 4 rings (SSSR count). The van der Waals surface area contributed by atoms with Gasteiger partial charge in [0, 0.05) is 56.8 Å². The van der Waals surface area contributed by atoms with Crippen molar-refractivity contribution in [2.75, 3.05) is 56.5 Å². The minimum Gasteiger partial charge on any atom is -0.372 e. The number of aromatic nitrogens is 1. The Kier molecular flexibility index (Phi) is 6.00. The third-order valence-corrected chi connectivity index (χ3v) is 6.09. The normalized spacial score (nSPS) is 18.7. The number of piperazine rings is 1.